The number of carbonyl (C=O) groups excluding carboxylic acids is 1. The molecule has 88 valence electrons. The maximum Gasteiger partial charge on any atom is 0.120 e. The van der Waals surface area contributed by atoms with Gasteiger partial charge in [-0.25, -0.2) is 0 Å². The van der Waals surface area contributed by atoms with Crippen LogP contribution in [0.2, 0.25) is 0 Å². The molecule has 0 fully saturated rings. The molecule has 0 heterocycles. The highest BCUT2D eigenvalue weighted by molar-refractivity contribution is 5.51. The molecule has 0 atom stereocenters. The summed E-state index contributed by atoms with van der Waals surface area (Å²) < 4.78 is 0. The zero-order valence-corrected chi connectivity index (χ0v) is 10.5. The largest absolute Gasteiger partial charge is 0.508 e. The molecule has 0 spiro atoms. The average Bonchev–Trinajstić information content (AvgIpc) is 2.17. The van der Waals surface area contributed by atoms with Crippen LogP contribution in [0.4, 0.5) is 0 Å². The fraction of sp³-hybridized carbons (Fsp3) is 0.500. The van der Waals surface area contributed by atoms with Crippen molar-refractivity contribution in [3.63, 3.8) is 0 Å². The molecule has 0 aliphatic carbocycles. The van der Waals surface area contributed by atoms with E-state index in [9.17, 15) is 9.90 Å². The predicted molar refractivity (Wildman–Crippen MR) is 65.9 cm³/mol. The second-order valence-corrected chi connectivity index (χ2v) is 5.25. The minimum atomic E-state index is -0.0575. The van der Waals surface area contributed by atoms with Gasteiger partial charge < -0.3 is 9.90 Å². The van der Waals surface area contributed by atoms with Gasteiger partial charge in [0.25, 0.3) is 0 Å². The van der Waals surface area contributed by atoms with E-state index in [-0.39, 0.29) is 5.41 Å². The minimum Gasteiger partial charge on any atom is -0.508 e. The Morgan fingerprint density at radius 3 is 2.44 bits per heavy atom. The molecule has 1 aromatic carbocycles. The summed E-state index contributed by atoms with van der Waals surface area (Å²) in [5.74, 6) is 0.332. The van der Waals surface area contributed by atoms with Gasteiger partial charge >= 0.3 is 0 Å². The van der Waals surface area contributed by atoms with E-state index in [0.717, 1.165) is 23.0 Å². The fourth-order valence-corrected chi connectivity index (χ4v) is 1.82. The van der Waals surface area contributed by atoms with Crippen molar-refractivity contribution in [2.24, 2.45) is 0 Å². The van der Waals surface area contributed by atoms with Crippen molar-refractivity contribution in [3.8, 4) is 5.75 Å². The van der Waals surface area contributed by atoms with E-state index in [1.54, 1.807) is 6.07 Å². The predicted octanol–water partition coefficient (Wildman–Crippen LogP) is 3.13. The molecule has 1 N–H and O–H groups in total. The van der Waals surface area contributed by atoms with Crippen LogP contribution < -0.4 is 0 Å². The molecule has 0 aliphatic rings. The van der Waals surface area contributed by atoms with Crippen LogP contribution in [0, 0.1) is 6.92 Å². The number of benzene rings is 1. The Morgan fingerprint density at radius 2 is 1.94 bits per heavy atom. The molecule has 0 radical (unpaired) electrons. The van der Waals surface area contributed by atoms with Crippen molar-refractivity contribution >= 4 is 6.29 Å². The monoisotopic (exact) mass is 220 g/mol. The van der Waals surface area contributed by atoms with Crippen LogP contribution in [0.1, 0.15) is 43.9 Å². The Morgan fingerprint density at radius 1 is 1.31 bits per heavy atom. The molecule has 2 nitrogen and oxygen atoms in total. The molecule has 2 heteroatoms. The second-order valence-electron chi connectivity index (χ2n) is 5.25. The smallest absolute Gasteiger partial charge is 0.120 e. The number of rotatable bonds is 3. The molecule has 0 bridgehead atoms. The van der Waals surface area contributed by atoms with Crippen LogP contribution in [0.25, 0.3) is 0 Å². The van der Waals surface area contributed by atoms with E-state index in [2.05, 4.69) is 20.8 Å². The first kappa shape index (κ1) is 12.8. The van der Waals surface area contributed by atoms with Gasteiger partial charge in [-0.3, -0.25) is 0 Å². The van der Waals surface area contributed by atoms with Gasteiger partial charge in [-0.05, 0) is 41.5 Å². The highest BCUT2D eigenvalue weighted by Crippen LogP contribution is 2.33. The number of carbonyl (C=O) groups is 1. The van der Waals surface area contributed by atoms with Crippen molar-refractivity contribution in [3.05, 3.63) is 28.8 Å². The van der Waals surface area contributed by atoms with Gasteiger partial charge in [0, 0.05) is 6.42 Å². The molecule has 1 aromatic rings. The lowest BCUT2D eigenvalue weighted by Crippen LogP contribution is -2.12. The molecule has 0 saturated carbocycles. The summed E-state index contributed by atoms with van der Waals surface area (Å²) in [7, 11) is 0. The topological polar surface area (TPSA) is 37.3 Å². The van der Waals surface area contributed by atoms with Crippen LogP contribution in [0.15, 0.2) is 12.1 Å². The minimum absolute atomic E-state index is 0.0575. The van der Waals surface area contributed by atoms with Crippen molar-refractivity contribution in [2.75, 3.05) is 0 Å². The van der Waals surface area contributed by atoms with Gasteiger partial charge in [-0.1, -0.05) is 26.8 Å². The third-order valence-electron chi connectivity index (χ3n) is 2.79. The lowest BCUT2D eigenvalue weighted by molar-refractivity contribution is -0.107. The summed E-state index contributed by atoms with van der Waals surface area (Å²) in [5, 5.41) is 9.96. The van der Waals surface area contributed by atoms with Gasteiger partial charge in [0.2, 0.25) is 0 Å². The summed E-state index contributed by atoms with van der Waals surface area (Å²) in [5.41, 5.74) is 3.10. The van der Waals surface area contributed by atoms with Crippen molar-refractivity contribution in [1.82, 2.24) is 0 Å². The number of hydrogen-bond acceptors (Lipinski definition) is 2. The maximum atomic E-state index is 10.3. The summed E-state index contributed by atoms with van der Waals surface area (Å²) in [6, 6.07) is 3.81. The molecule has 0 aliphatic heterocycles. The lowest BCUT2D eigenvalue weighted by atomic mass is 9.84. The molecular formula is C14H20O2. The van der Waals surface area contributed by atoms with Gasteiger partial charge in [0.05, 0.1) is 0 Å². The zero-order chi connectivity index (χ0) is 12.3. The number of phenolic OH excluding ortho intramolecular Hbond substituents is 1. The number of aldehydes is 1. The molecule has 16 heavy (non-hydrogen) atoms. The maximum absolute atomic E-state index is 10.3. The second kappa shape index (κ2) is 4.69. The third-order valence-corrected chi connectivity index (χ3v) is 2.79. The number of phenols is 1. The van der Waals surface area contributed by atoms with Crippen molar-refractivity contribution in [2.45, 2.75) is 46.0 Å². The van der Waals surface area contributed by atoms with Crippen LogP contribution in [0.5, 0.6) is 5.75 Å². The van der Waals surface area contributed by atoms with Crippen molar-refractivity contribution in [1.29, 1.82) is 0 Å². The van der Waals surface area contributed by atoms with Gasteiger partial charge in [-0.2, -0.15) is 0 Å². The normalized spacial score (nSPS) is 11.5. The van der Waals surface area contributed by atoms with Crippen molar-refractivity contribution < 1.29 is 9.90 Å². The van der Waals surface area contributed by atoms with E-state index >= 15 is 0 Å². The number of hydrogen-bond donors (Lipinski definition) is 1. The summed E-state index contributed by atoms with van der Waals surface area (Å²) in [4.78, 5) is 10.3. The quantitative estimate of drug-likeness (QED) is 0.795. The third kappa shape index (κ3) is 2.84. The molecule has 0 saturated heterocycles. The van der Waals surface area contributed by atoms with Gasteiger partial charge in [0.1, 0.15) is 12.0 Å². The van der Waals surface area contributed by atoms with Crippen LogP contribution >= 0.6 is 0 Å². The van der Waals surface area contributed by atoms with E-state index < -0.39 is 0 Å². The van der Waals surface area contributed by atoms with E-state index in [0.29, 0.717) is 18.6 Å². The Kier molecular flexibility index (Phi) is 3.74. The average molecular weight is 220 g/mol. The van der Waals surface area contributed by atoms with Crippen LogP contribution in [0.3, 0.4) is 0 Å². The van der Waals surface area contributed by atoms with E-state index in [4.69, 9.17) is 0 Å². The summed E-state index contributed by atoms with van der Waals surface area (Å²) >= 11 is 0. The molecule has 0 amide bonds. The highest BCUT2D eigenvalue weighted by atomic mass is 16.3. The van der Waals surface area contributed by atoms with Crippen LogP contribution in [-0.2, 0) is 16.6 Å². The SMILES string of the molecule is Cc1cc(C(C)(C)C)c(O)cc1CCC=O. The van der Waals surface area contributed by atoms with E-state index in [1.165, 1.54) is 0 Å². The Hall–Kier alpha value is -1.31. The molecular weight excluding hydrogens is 200 g/mol. The highest BCUT2D eigenvalue weighted by Gasteiger charge is 2.19. The molecule has 0 unspecified atom stereocenters. The lowest BCUT2D eigenvalue weighted by Gasteiger charge is -2.22. The van der Waals surface area contributed by atoms with Gasteiger partial charge in [0.15, 0.2) is 0 Å². The van der Waals surface area contributed by atoms with Gasteiger partial charge in [-0.15, -0.1) is 0 Å². The summed E-state index contributed by atoms with van der Waals surface area (Å²) in [6.07, 6.45) is 2.12. The molecule has 1 rings (SSSR count). The Bertz CT molecular complexity index is 386. The van der Waals surface area contributed by atoms with E-state index in [1.807, 2.05) is 13.0 Å². The Labute approximate surface area is 97.3 Å². The standard InChI is InChI=1S/C14H20O2/c1-10-8-12(14(2,3)4)13(16)9-11(10)6-5-7-15/h7-9,16H,5-6H2,1-4H3. The summed E-state index contributed by atoms with van der Waals surface area (Å²) in [6.45, 7) is 8.25. The van der Waals surface area contributed by atoms with Crippen LogP contribution in [-0.4, -0.2) is 11.4 Å². The number of aryl methyl sites for hydroxylation is 2. The first-order valence-electron chi connectivity index (χ1n) is 5.63. The first-order valence-corrected chi connectivity index (χ1v) is 5.63. The Balaban J connectivity index is 3.11. The zero-order valence-electron chi connectivity index (χ0n) is 10.5. The number of aromatic hydroxyl groups is 1. The fourth-order valence-electron chi connectivity index (χ4n) is 1.82. The first-order chi connectivity index (χ1) is 7.36. The molecule has 0 aromatic heterocycles.